The van der Waals surface area contributed by atoms with Crippen molar-refractivity contribution in [3.63, 3.8) is 0 Å². The first-order valence-electron chi connectivity index (χ1n) is 4.82. The molecule has 1 aliphatic heterocycles. The third-order valence-corrected chi connectivity index (χ3v) is 2.86. The smallest absolute Gasteiger partial charge is 0.184 e. The second-order valence-corrected chi connectivity index (χ2v) is 8.89. The lowest BCUT2D eigenvalue weighted by atomic mass is 10.2. The molecule has 0 bridgehead atoms. The van der Waals surface area contributed by atoms with Gasteiger partial charge in [0.15, 0.2) is 8.32 Å². The van der Waals surface area contributed by atoms with Crippen molar-refractivity contribution in [2.24, 2.45) is 0 Å². The summed E-state index contributed by atoms with van der Waals surface area (Å²) in [6, 6.07) is 0. The highest BCUT2D eigenvalue weighted by Gasteiger charge is 2.35. The summed E-state index contributed by atoms with van der Waals surface area (Å²) in [4.78, 5) is 0. The molecule has 1 rings (SSSR count). The molecular weight excluding hydrogens is 168 g/mol. The first kappa shape index (κ1) is 10.2. The summed E-state index contributed by atoms with van der Waals surface area (Å²) in [5.74, 6) is 0. The molecule has 0 aromatic carbocycles. The maximum absolute atomic E-state index is 6.02. The first-order chi connectivity index (χ1) is 5.53. The van der Waals surface area contributed by atoms with Crippen LogP contribution in [0.4, 0.5) is 0 Å². The van der Waals surface area contributed by atoms with Gasteiger partial charge in [-0.25, -0.2) is 0 Å². The highest BCUT2D eigenvalue weighted by molar-refractivity contribution is 6.69. The van der Waals surface area contributed by atoms with Crippen LogP contribution in [-0.2, 0) is 9.16 Å². The van der Waals surface area contributed by atoms with Crippen molar-refractivity contribution >= 4 is 8.32 Å². The van der Waals surface area contributed by atoms with E-state index in [-0.39, 0.29) is 0 Å². The fraction of sp³-hybridized carbons (Fsp3) is 1.00. The van der Waals surface area contributed by atoms with E-state index >= 15 is 0 Å². The predicted octanol–water partition coefficient (Wildman–Crippen LogP) is 2.41. The molecule has 1 fully saturated rings. The van der Waals surface area contributed by atoms with Crippen LogP contribution in [0, 0.1) is 0 Å². The van der Waals surface area contributed by atoms with Crippen LogP contribution < -0.4 is 0 Å². The van der Waals surface area contributed by atoms with Gasteiger partial charge in [-0.2, -0.15) is 0 Å². The zero-order valence-corrected chi connectivity index (χ0v) is 9.59. The van der Waals surface area contributed by atoms with Gasteiger partial charge in [0.25, 0.3) is 0 Å². The van der Waals surface area contributed by atoms with Gasteiger partial charge in [-0.15, -0.1) is 0 Å². The van der Waals surface area contributed by atoms with Crippen LogP contribution in [-0.4, -0.2) is 27.1 Å². The molecule has 72 valence electrons. The SMILES string of the molecule is CCCC(O[Si](C)(C)C)C1CO1. The maximum atomic E-state index is 6.02. The molecule has 0 spiro atoms. The molecule has 2 nitrogen and oxygen atoms in total. The fourth-order valence-electron chi connectivity index (χ4n) is 1.33. The third kappa shape index (κ3) is 3.69. The Morgan fingerprint density at radius 1 is 1.50 bits per heavy atom. The van der Waals surface area contributed by atoms with E-state index in [4.69, 9.17) is 9.16 Å². The highest BCUT2D eigenvalue weighted by atomic mass is 28.4. The minimum Gasteiger partial charge on any atom is -0.412 e. The Kier molecular flexibility index (Phi) is 3.32. The van der Waals surface area contributed by atoms with E-state index in [1.54, 1.807) is 0 Å². The molecule has 0 saturated carbocycles. The average Bonchev–Trinajstić information content (AvgIpc) is 2.63. The normalized spacial score (nSPS) is 25.5. The Labute approximate surface area is 76.4 Å². The van der Waals surface area contributed by atoms with Gasteiger partial charge in [-0.3, -0.25) is 0 Å². The van der Waals surface area contributed by atoms with Crippen molar-refractivity contribution in [3.8, 4) is 0 Å². The molecule has 1 heterocycles. The van der Waals surface area contributed by atoms with E-state index in [1.807, 2.05) is 0 Å². The number of hydrogen-bond acceptors (Lipinski definition) is 2. The van der Waals surface area contributed by atoms with Crippen LogP contribution in [0.2, 0.25) is 19.6 Å². The number of ether oxygens (including phenoxy) is 1. The summed E-state index contributed by atoms with van der Waals surface area (Å²) in [6.45, 7) is 9.81. The van der Waals surface area contributed by atoms with Crippen LogP contribution in [0.25, 0.3) is 0 Å². The van der Waals surface area contributed by atoms with Gasteiger partial charge >= 0.3 is 0 Å². The quantitative estimate of drug-likeness (QED) is 0.488. The van der Waals surface area contributed by atoms with Crippen molar-refractivity contribution in [1.29, 1.82) is 0 Å². The summed E-state index contributed by atoms with van der Waals surface area (Å²) < 4.78 is 11.3. The van der Waals surface area contributed by atoms with Gasteiger partial charge in [0.05, 0.1) is 12.7 Å². The summed E-state index contributed by atoms with van der Waals surface area (Å²) in [5, 5.41) is 0. The average molecular weight is 188 g/mol. The molecule has 2 unspecified atom stereocenters. The van der Waals surface area contributed by atoms with E-state index in [2.05, 4.69) is 26.6 Å². The van der Waals surface area contributed by atoms with E-state index in [0.29, 0.717) is 12.2 Å². The Bertz CT molecular complexity index is 138. The fourth-order valence-corrected chi connectivity index (χ4v) is 2.51. The van der Waals surface area contributed by atoms with Crippen LogP contribution in [0.3, 0.4) is 0 Å². The standard InChI is InChI=1S/C9H20O2Si/c1-5-6-8(9-7-10-9)11-12(2,3)4/h8-9H,5-7H2,1-4H3. The Morgan fingerprint density at radius 3 is 2.42 bits per heavy atom. The lowest BCUT2D eigenvalue weighted by Gasteiger charge is -2.24. The molecular formula is C9H20O2Si. The summed E-state index contributed by atoms with van der Waals surface area (Å²) in [6.07, 6.45) is 3.13. The van der Waals surface area contributed by atoms with E-state index in [9.17, 15) is 0 Å². The lowest BCUT2D eigenvalue weighted by molar-refractivity contribution is 0.142. The molecule has 2 atom stereocenters. The Hall–Kier alpha value is 0.137. The molecule has 12 heavy (non-hydrogen) atoms. The van der Waals surface area contributed by atoms with Gasteiger partial charge in [-0.1, -0.05) is 13.3 Å². The molecule has 1 saturated heterocycles. The molecule has 0 aromatic heterocycles. The zero-order chi connectivity index (χ0) is 9.19. The predicted molar refractivity (Wildman–Crippen MR) is 52.9 cm³/mol. The number of hydrogen-bond donors (Lipinski definition) is 0. The van der Waals surface area contributed by atoms with Crippen molar-refractivity contribution in [2.75, 3.05) is 6.61 Å². The van der Waals surface area contributed by atoms with Crippen molar-refractivity contribution in [3.05, 3.63) is 0 Å². The zero-order valence-electron chi connectivity index (χ0n) is 8.59. The summed E-state index contributed by atoms with van der Waals surface area (Å²) >= 11 is 0. The molecule has 0 amide bonds. The number of epoxide rings is 1. The molecule has 0 aliphatic carbocycles. The minimum absolute atomic E-state index is 0.377. The van der Waals surface area contributed by atoms with Gasteiger partial charge < -0.3 is 9.16 Å². The van der Waals surface area contributed by atoms with Crippen molar-refractivity contribution < 1.29 is 9.16 Å². The molecule has 3 heteroatoms. The van der Waals surface area contributed by atoms with Crippen LogP contribution >= 0.6 is 0 Å². The minimum atomic E-state index is -1.36. The third-order valence-electron chi connectivity index (χ3n) is 1.85. The van der Waals surface area contributed by atoms with Crippen molar-refractivity contribution in [1.82, 2.24) is 0 Å². The van der Waals surface area contributed by atoms with Gasteiger partial charge in [-0.05, 0) is 26.1 Å². The van der Waals surface area contributed by atoms with Crippen LogP contribution in [0.1, 0.15) is 19.8 Å². The first-order valence-corrected chi connectivity index (χ1v) is 8.23. The highest BCUT2D eigenvalue weighted by Crippen LogP contribution is 2.23. The number of rotatable bonds is 5. The Balaban J connectivity index is 2.32. The molecule has 1 aliphatic rings. The topological polar surface area (TPSA) is 21.8 Å². The Morgan fingerprint density at radius 2 is 2.08 bits per heavy atom. The van der Waals surface area contributed by atoms with E-state index in [0.717, 1.165) is 13.0 Å². The second-order valence-electron chi connectivity index (χ2n) is 4.43. The van der Waals surface area contributed by atoms with E-state index < -0.39 is 8.32 Å². The van der Waals surface area contributed by atoms with Crippen LogP contribution in [0.15, 0.2) is 0 Å². The second kappa shape index (κ2) is 3.90. The lowest BCUT2D eigenvalue weighted by Crippen LogP contribution is -2.34. The summed E-state index contributed by atoms with van der Waals surface area (Å²) in [7, 11) is -1.36. The van der Waals surface area contributed by atoms with Gasteiger partial charge in [0, 0.05) is 0 Å². The van der Waals surface area contributed by atoms with E-state index in [1.165, 1.54) is 6.42 Å². The largest absolute Gasteiger partial charge is 0.412 e. The monoisotopic (exact) mass is 188 g/mol. The summed E-state index contributed by atoms with van der Waals surface area (Å²) in [5.41, 5.74) is 0. The molecule has 0 radical (unpaired) electrons. The van der Waals surface area contributed by atoms with Gasteiger partial charge in [0.1, 0.15) is 6.10 Å². The van der Waals surface area contributed by atoms with Crippen LogP contribution in [0.5, 0.6) is 0 Å². The molecule has 0 N–H and O–H groups in total. The van der Waals surface area contributed by atoms with Crippen molar-refractivity contribution in [2.45, 2.75) is 51.6 Å². The van der Waals surface area contributed by atoms with Gasteiger partial charge in [0.2, 0.25) is 0 Å². The maximum Gasteiger partial charge on any atom is 0.184 e. The molecule has 0 aromatic rings.